The number of H-pyrrole nitrogens is 1. The Hall–Kier alpha value is -2.71. The zero-order chi connectivity index (χ0) is 16.8. The van der Waals surface area contributed by atoms with Gasteiger partial charge in [0.05, 0.1) is 24.0 Å². The molecule has 24 heavy (non-hydrogen) atoms. The van der Waals surface area contributed by atoms with Crippen LogP contribution in [0.5, 0.6) is 0 Å². The van der Waals surface area contributed by atoms with Crippen molar-refractivity contribution in [2.24, 2.45) is 5.73 Å². The number of hydrogen-bond donors (Lipinski definition) is 4. The van der Waals surface area contributed by atoms with Crippen LogP contribution in [0.2, 0.25) is 0 Å². The summed E-state index contributed by atoms with van der Waals surface area (Å²) < 4.78 is 5.29. The Morgan fingerprint density at radius 1 is 1.33 bits per heavy atom. The van der Waals surface area contributed by atoms with Crippen molar-refractivity contribution in [1.82, 2.24) is 20.2 Å². The number of aromatic amines is 1. The van der Waals surface area contributed by atoms with E-state index in [2.05, 4.69) is 30.8 Å². The lowest BCUT2D eigenvalue weighted by atomic mass is 10.2. The zero-order valence-corrected chi connectivity index (χ0v) is 13.5. The van der Waals surface area contributed by atoms with Crippen LogP contribution in [-0.2, 0) is 4.74 Å². The third-order valence-electron chi connectivity index (χ3n) is 3.46. The van der Waals surface area contributed by atoms with Crippen LogP contribution in [0.1, 0.15) is 6.92 Å². The first-order valence-corrected chi connectivity index (χ1v) is 7.85. The molecule has 0 radical (unpaired) electrons. The maximum atomic E-state index is 5.95. The summed E-state index contributed by atoms with van der Waals surface area (Å²) in [4.78, 5) is 8.66. The minimum atomic E-state index is -0.107. The average molecular weight is 327 g/mol. The number of nitrogens with one attached hydrogen (secondary N) is 3. The quantitative estimate of drug-likeness (QED) is 0.499. The first-order chi connectivity index (χ1) is 11.8. The lowest BCUT2D eigenvalue weighted by Crippen LogP contribution is -2.34. The minimum Gasteiger partial charge on any atom is -0.380 e. The largest absolute Gasteiger partial charge is 0.380 e. The molecule has 5 N–H and O–H groups in total. The summed E-state index contributed by atoms with van der Waals surface area (Å²) in [7, 11) is 0. The van der Waals surface area contributed by atoms with Crippen LogP contribution in [0.25, 0.3) is 10.9 Å². The lowest BCUT2D eigenvalue weighted by Gasteiger charge is -2.13. The van der Waals surface area contributed by atoms with Crippen LogP contribution in [0, 0.1) is 0 Å². The molecule has 2 aromatic heterocycles. The maximum absolute atomic E-state index is 5.95. The summed E-state index contributed by atoms with van der Waals surface area (Å²) in [5.41, 5.74) is 7.85. The van der Waals surface area contributed by atoms with Crippen molar-refractivity contribution < 1.29 is 4.74 Å². The number of fused-ring (bicyclic) bond motifs is 1. The van der Waals surface area contributed by atoms with Crippen LogP contribution in [-0.4, -0.2) is 46.0 Å². The van der Waals surface area contributed by atoms with Crippen molar-refractivity contribution in [2.45, 2.75) is 13.0 Å². The van der Waals surface area contributed by atoms with E-state index in [4.69, 9.17) is 10.5 Å². The molecule has 0 aliphatic carbocycles. The van der Waals surface area contributed by atoms with E-state index in [0.717, 1.165) is 16.6 Å². The minimum absolute atomic E-state index is 0.107. The van der Waals surface area contributed by atoms with Gasteiger partial charge in [-0.25, -0.2) is 4.98 Å². The Bertz CT molecular complexity index is 789. The SMILES string of the molecule is CCOC[C@H](N)CNc1nccc(Nc2cccc3[nH]ncc23)n1. The number of nitrogens with two attached hydrogens (primary N) is 1. The molecule has 0 amide bonds. The van der Waals surface area contributed by atoms with Gasteiger partial charge in [-0.2, -0.15) is 10.1 Å². The molecule has 1 aromatic carbocycles. The monoisotopic (exact) mass is 327 g/mol. The Balaban J connectivity index is 1.66. The van der Waals surface area contributed by atoms with Crippen LogP contribution in [0.4, 0.5) is 17.5 Å². The van der Waals surface area contributed by atoms with Crippen LogP contribution in [0.15, 0.2) is 36.7 Å². The third-order valence-corrected chi connectivity index (χ3v) is 3.46. The lowest BCUT2D eigenvalue weighted by molar-refractivity contribution is 0.136. The molecule has 3 aromatic rings. The number of hydrogen-bond acceptors (Lipinski definition) is 7. The van der Waals surface area contributed by atoms with E-state index in [0.29, 0.717) is 31.5 Å². The Morgan fingerprint density at radius 3 is 3.12 bits per heavy atom. The normalized spacial score (nSPS) is 12.2. The second-order valence-electron chi connectivity index (χ2n) is 5.33. The average Bonchev–Trinajstić information content (AvgIpc) is 3.08. The van der Waals surface area contributed by atoms with Gasteiger partial charge in [0, 0.05) is 30.8 Å². The van der Waals surface area contributed by atoms with E-state index in [1.54, 1.807) is 12.4 Å². The van der Waals surface area contributed by atoms with Crippen LogP contribution < -0.4 is 16.4 Å². The zero-order valence-electron chi connectivity index (χ0n) is 13.5. The summed E-state index contributed by atoms with van der Waals surface area (Å²) in [6, 6.07) is 7.61. The van der Waals surface area contributed by atoms with Crippen molar-refractivity contribution in [3.8, 4) is 0 Å². The van der Waals surface area contributed by atoms with Gasteiger partial charge in [-0.05, 0) is 25.1 Å². The van der Waals surface area contributed by atoms with Gasteiger partial charge >= 0.3 is 0 Å². The van der Waals surface area contributed by atoms with Gasteiger partial charge in [0.25, 0.3) is 0 Å². The topological polar surface area (TPSA) is 114 Å². The number of aromatic nitrogens is 4. The molecule has 0 unspecified atom stereocenters. The fourth-order valence-electron chi connectivity index (χ4n) is 2.28. The highest BCUT2D eigenvalue weighted by Crippen LogP contribution is 2.24. The van der Waals surface area contributed by atoms with E-state index < -0.39 is 0 Å². The van der Waals surface area contributed by atoms with Crippen molar-refractivity contribution >= 4 is 28.4 Å². The summed E-state index contributed by atoms with van der Waals surface area (Å²) in [6.45, 7) is 3.65. The van der Waals surface area contributed by atoms with Gasteiger partial charge in [-0.15, -0.1) is 0 Å². The second-order valence-corrected chi connectivity index (χ2v) is 5.33. The number of nitrogens with zero attached hydrogens (tertiary/aromatic N) is 3. The first-order valence-electron chi connectivity index (χ1n) is 7.85. The molecule has 0 spiro atoms. The summed E-state index contributed by atoms with van der Waals surface area (Å²) in [5.74, 6) is 1.21. The van der Waals surface area contributed by atoms with Gasteiger partial charge < -0.3 is 21.1 Å². The van der Waals surface area contributed by atoms with E-state index in [9.17, 15) is 0 Å². The van der Waals surface area contributed by atoms with Gasteiger partial charge in [0.2, 0.25) is 5.95 Å². The molecule has 8 nitrogen and oxygen atoms in total. The second kappa shape index (κ2) is 7.71. The number of rotatable bonds is 8. The molecule has 8 heteroatoms. The Morgan fingerprint density at radius 2 is 2.25 bits per heavy atom. The van der Waals surface area contributed by atoms with Gasteiger partial charge in [-0.3, -0.25) is 5.10 Å². The van der Waals surface area contributed by atoms with E-state index in [1.165, 1.54) is 0 Å². The molecule has 0 fully saturated rings. The molecule has 0 aliphatic rings. The molecule has 1 atom stereocenters. The first kappa shape index (κ1) is 16.2. The molecule has 0 saturated carbocycles. The molecule has 3 rings (SSSR count). The van der Waals surface area contributed by atoms with Crippen molar-refractivity contribution in [3.63, 3.8) is 0 Å². The summed E-state index contributed by atoms with van der Waals surface area (Å²) in [5, 5.41) is 14.4. The van der Waals surface area contributed by atoms with Crippen molar-refractivity contribution in [2.75, 3.05) is 30.4 Å². The predicted molar refractivity (Wildman–Crippen MR) is 94.4 cm³/mol. The van der Waals surface area contributed by atoms with Gasteiger partial charge in [-0.1, -0.05) is 6.07 Å². The molecule has 0 bridgehead atoms. The molecule has 2 heterocycles. The van der Waals surface area contributed by atoms with Gasteiger partial charge in [0.1, 0.15) is 5.82 Å². The number of anilines is 3. The highest BCUT2D eigenvalue weighted by Gasteiger charge is 2.06. The van der Waals surface area contributed by atoms with E-state index in [1.807, 2.05) is 31.2 Å². The van der Waals surface area contributed by atoms with E-state index >= 15 is 0 Å². The van der Waals surface area contributed by atoms with E-state index in [-0.39, 0.29) is 6.04 Å². The Labute approximate surface area is 139 Å². The van der Waals surface area contributed by atoms with Crippen molar-refractivity contribution in [1.29, 1.82) is 0 Å². The summed E-state index contributed by atoms with van der Waals surface area (Å²) in [6.07, 6.45) is 3.48. The standard InChI is InChI=1S/C16H21N7O/c1-2-24-10-11(17)8-19-16-18-7-6-15(22-16)21-13-4-3-5-14-12(13)9-20-23-14/h3-7,9,11H,2,8,10,17H2,1H3,(H,20,23)(H2,18,19,21,22)/t11-/m1/s1. The third kappa shape index (κ3) is 3.98. The predicted octanol–water partition coefficient (Wildman–Crippen LogP) is 1.87. The highest BCUT2D eigenvalue weighted by atomic mass is 16.5. The maximum Gasteiger partial charge on any atom is 0.224 e. The Kier molecular flexibility index (Phi) is 5.19. The summed E-state index contributed by atoms with van der Waals surface area (Å²) >= 11 is 0. The molecule has 0 aliphatic heterocycles. The molecular weight excluding hydrogens is 306 g/mol. The fourth-order valence-corrected chi connectivity index (χ4v) is 2.28. The van der Waals surface area contributed by atoms with Crippen molar-refractivity contribution in [3.05, 3.63) is 36.7 Å². The van der Waals surface area contributed by atoms with Crippen LogP contribution in [0.3, 0.4) is 0 Å². The molecule has 126 valence electrons. The van der Waals surface area contributed by atoms with Crippen LogP contribution >= 0.6 is 0 Å². The number of benzene rings is 1. The fraction of sp³-hybridized carbons (Fsp3) is 0.312. The highest BCUT2D eigenvalue weighted by molar-refractivity contribution is 5.92. The molecule has 0 saturated heterocycles. The molecular formula is C16H21N7O. The number of ether oxygens (including phenoxy) is 1. The smallest absolute Gasteiger partial charge is 0.224 e. The van der Waals surface area contributed by atoms with Gasteiger partial charge in [0.15, 0.2) is 0 Å².